The summed E-state index contributed by atoms with van der Waals surface area (Å²) in [5, 5.41) is 0. The van der Waals surface area contributed by atoms with Crippen LogP contribution >= 0.6 is 0 Å². The Kier molecular flexibility index (Phi) is 3.87. The van der Waals surface area contributed by atoms with E-state index in [1.54, 1.807) is 7.11 Å². The molecule has 11 heavy (non-hydrogen) atoms. The van der Waals surface area contributed by atoms with Gasteiger partial charge in [0.25, 0.3) is 0 Å². The Balaban J connectivity index is 0.000000134. The minimum Gasteiger partial charge on any atom is -0.385 e. The molecule has 1 saturated carbocycles. The minimum absolute atomic E-state index is 0.703. The summed E-state index contributed by atoms with van der Waals surface area (Å²) in [5.41, 5.74) is 0. The summed E-state index contributed by atoms with van der Waals surface area (Å²) in [6, 6.07) is 0. The second-order valence-electron chi connectivity index (χ2n) is 3.07. The zero-order valence-corrected chi connectivity index (χ0v) is 7.51. The highest BCUT2D eigenvalue weighted by molar-refractivity contribution is 4.87. The second kappa shape index (κ2) is 4.73. The molecule has 0 amide bonds. The van der Waals surface area contributed by atoms with Crippen LogP contribution in [0.1, 0.15) is 32.6 Å². The summed E-state index contributed by atoms with van der Waals surface area (Å²) in [6.45, 7) is 2.78. The van der Waals surface area contributed by atoms with Gasteiger partial charge in [0.05, 0.1) is 12.2 Å². The molecule has 1 aliphatic heterocycles. The fourth-order valence-electron chi connectivity index (χ4n) is 1.38. The lowest BCUT2D eigenvalue weighted by molar-refractivity contribution is 0.215. The minimum atomic E-state index is 0.703. The lowest BCUT2D eigenvalue weighted by atomic mass is 10.0. The van der Waals surface area contributed by atoms with E-state index in [-0.39, 0.29) is 0 Å². The monoisotopic (exact) mass is 158 g/mol. The molecule has 0 aromatic carbocycles. The van der Waals surface area contributed by atoms with Crippen molar-refractivity contribution in [1.82, 2.24) is 0 Å². The average Bonchev–Trinajstić information content (AvgIpc) is 2.83. The van der Waals surface area contributed by atoms with Crippen molar-refractivity contribution in [2.75, 3.05) is 13.7 Å². The average molecular weight is 158 g/mol. The topological polar surface area (TPSA) is 21.8 Å². The molecule has 2 nitrogen and oxygen atoms in total. The number of methoxy groups -OCH3 is 1. The molecule has 0 spiro atoms. The van der Waals surface area contributed by atoms with Crippen molar-refractivity contribution >= 4 is 0 Å². The molecule has 0 N–H and O–H groups in total. The van der Waals surface area contributed by atoms with E-state index in [1.165, 1.54) is 25.7 Å². The van der Waals surface area contributed by atoms with E-state index in [1.807, 2.05) is 6.92 Å². The zero-order chi connectivity index (χ0) is 8.10. The summed E-state index contributed by atoms with van der Waals surface area (Å²) in [6.07, 6.45) is 6.89. The Hall–Kier alpha value is -0.0800. The maximum atomic E-state index is 5.28. The van der Waals surface area contributed by atoms with E-state index < -0.39 is 0 Å². The number of hydrogen-bond donors (Lipinski definition) is 0. The molecule has 1 aliphatic carbocycles. The third-order valence-corrected chi connectivity index (χ3v) is 2.20. The van der Waals surface area contributed by atoms with E-state index in [0.717, 1.165) is 6.61 Å². The maximum Gasteiger partial charge on any atom is 0.0841 e. The highest BCUT2D eigenvalue weighted by Crippen LogP contribution is 2.35. The molecule has 2 atom stereocenters. The van der Waals surface area contributed by atoms with Crippen LogP contribution in [0.25, 0.3) is 0 Å². The molecule has 2 fully saturated rings. The third-order valence-electron chi connectivity index (χ3n) is 2.20. The van der Waals surface area contributed by atoms with E-state index in [0.29, 0.717) is 12.2 Å². The van der Waals surface area contributed by atoms with Crippen LogP contribution in [0.5, 0.6) is 0 Å². The highest BCUT2D eigenvalue weighted by atomic mass is 16.6. The predicted octanol–water partition coefficient (Wildman–Crippen LogP) is 1.98. The zero-order valence-electron chi connectivity index (χ0n) is 7.51. The normalized spacial score (nSPS) is 33.3. The molecule has 2 rings (SSSR count). The molecule has 2 heteroatoms. The maximum absolute atomic E-state index is 5.28. The van der Waals surface area contributed by atoms with E-state index in [2.05, 4.69) is 4.74 Å². The van der Waals surface area contributed by atoms with Gasteiger partial charge in [0.15, 0.2) is 0 Å². The van der Waals surface area contributed by atoms with Crippen molar-refractivity contribution in [3.63, 3.8) is 0 Å². The van der Waals surface area contributed by atoms with Crippen molar-refractivity contribution in [1.29, 1.82) is 0 Å². The number of ether oxygens (including phenoxy) is 2. The molecule has 0 radical (unpaired) electrons. The summed E-state index contributed by atoms with van der Waals surface area (Å²) < 4.78 is 9.82. The van der Waals surface area contributed by atoms with Crippen LogP contribution in [0.15, 0.2) is 0 Å². The standard InChI is InChI=1S/C6H10O.C3H8O/c1-2-4-6-5(3-1)7-6;1-3-4-2/h5-6H,1-4H2;3H2,1-2H3. The van der Waals surface area contributed by atoms with Crippen LogP contribution in [0.2, 0.25) is 0 Å². The van der Waals surface area contributed by atoms with Crippen molar-refractivity contribution in [2.24, 2.45) is 0 Å². The van der Waals surface area contributed by atoms with Gasteiger partial charge in [-0.15, -0.1) is 0 Å². The van der Waals surface area contributed by atoms with Crippen LogP contribution in [-0.2, 0) is 9.47 Å². The van der Waals surface area contributed by atoms with Crippen molar-refractivity contribution < 1.29 is 9.47 Å². The molecule has 1 heterocycles. The van der Waals surface area contributed by atoms with Crippen LogP contribution < -0.4 is 0 Å². The second-order valence-corrected chi connectivity index (χ2v) is 3.07. The van der Waals surface area contributed by atoms with Gasteiger partial charge in [-0.25, -0.2) is 0 Å². The van der Waals surface area contributed by atoms with Crippen LogP contribution in [0.4, 0.5) is 0 Å². The number of epoxide rings is 1. The molecule has 0 aromatic heterocycles. The molecular weight excluding hydrogens is 140 g/mol. The SMILES string of the molecule is C1CCC2OC2C1.CCOC. The number of hydrogen-bond acceptors (Lipinski definition) is 2. The first kappa shape index (κ1) is 9.01. The fraction of sp³-hybridized carbons (Fsp3) is 1.00. The van der Waals surface area contributed by atoms with Crippen molar-refractivity contribution in [3.8, 4) is 0 Å². The quantitative estimate of drug-likeness (QED) is 0.544. The Morgan fingerprint density at radius 2 is 1.73 bits per heavy atom. The van der Waals surface area contributed by atoms with Gasteiger partial charge >= 0.3 is 0 Å². The van der Waals surface area contributed by atoms with Gasteiger partial charge in [0, 0.05) is 13.7 Å². The first-order chi connectivity index (χ1) is 5.38. The molecule has 2 aliphatic rings. The summed E-state index contributed by atoms with van der Waals surface area (Å²) >= 11 is 0. The van der Waals surface area contributed by atoms with Gasteiger partial charge in [0.1, 0.15) is 0 Å². The molecule has 66 valence electrons. The first-order valence-electron chi connectivity index (χ1n) is 4.53. The number of rotatable bonds is 1. The molecule has 1 saturated heterocycles. The van der Waals surface area contributed by atoms with Gasteiger partial charge in [0.2, 0.25) is 0 Å². The van der Waals surface area contributed by atoms with Gasteiger partial charge in [-0.05, 0) is 19.8 Å². The molecule has 0 aromatic rings. The first-order valence-corrected chi connectivity index (χ1v) is 4.53. The number of fused-ring (bicyclic) bond motifs is 1. The Bertz CT molecular complexity index is 91.7. The third kappa shape index (κ3) is 3.21. The van der Waals surface area contributed by atoms with Crippen LogP contribution in [0.3, 0.4) is 0 Å². The van der Waals surface area contributed by atoms with E-state index in [9.17, 15) is 0 Å². The van der Waals surface area contributed by atoms with Gasteiger partial charge in [-0.3, -0.25) is 0 Å². The smallest absolute Gasteiger partial charge is 0.0841 e. The lowest BCUT2D eigenvalue weighted by Gasteiger charge is -2.00. The molecule has 0 bridgehead atoms. The summed E-state index contributed by atoms with van der Waals surface area (Å²) in [7, 11) is 1.68. The Labute approximate surface area is 68.9 Å². The summed E-state index contributed by atoms with van der Waals surface area (Å²) in [5.74, 6) is 0. The fourth-order valence-corrected chi connectivity index (χ4v) is 1.38. The predicted molar refractivity (Wildman–Crippen MR) is 44.7 cm³/mol. The molecular formula is C9H18O2. The van der Waals surface area contributed by atoms with Crippen LogP contribution in [0, 0.1) is 0 Å². The highest BCUT2D eigenvalue weighted by Gasteiger charge is 2.39. The largest absolute Gasteiger partial charge is 0.385 e. The Morgan fingerprint density at radius 1 is 1.27 bits per heavy atom. The van der Waals surface area contributed by atoms with Crippen LogP contribution in [-0.4, -0.2) is 25.9 Å². The van der Waals surface area contributed by atoms with Gasteiger partial charge < -0.3 is 9.47 Å². The lowest BCUT2D eigenvalue weighted by Crippen LogP contribution is -2.00. The van der Waals surface area contributed by atoms with Crippen molar-refractivity contribution in [3.05, 3.63) is 0 Å². The van der Waals surface area contributed by atoms with E-state index >= 15 is 0 Å². The van der Waals surface area contributed by atoms with Gasteiger partial charge in [-0.2, -0.15) is 0 Å². The van der Waals surface area contributed by atoms with Crippen molar-refractivity contribution in [2.45, 2.75) is 44.8 Å². The van der Waals surface area contributed by atoms with Gasteiger partial charge in [-0.1, -0.05) is 12.8 Å². The van der Waals surface area contributed by atoms with E-state index in [4.69, 9.17) is 4.74 Å². The Morgan fingerprint density at radius 3 is 2.00 bits per heavy atom. The summed E-state index contributed by atoms with van der Waals surface area (Å²) in [4.78, 5) is 0. The molecule has 2 unspecified atom stereocenters.